The van der Waals surface area contributed by atoms with Gasteiger partial charge in [0.1, 0.15) is 23.8 Å². The van der Waals surface area contributed by atoms with Crippen molar-refractivity contribution in [3.05, 3.63) is 107 Å². The highest BCUT2D eigenvalue weighted by Gasteiger charge is 2.45. The Labute approximate surface area is 327 Å². The maximum Gasteiger partial charge on any atom is 0.389 e. The Morgan fingerprint density at radius 1 is 0.965 bits per heavy atom. The minimum Gasteiger partial charge on any atom is -0.370 e. The van der Waals surface area contributed by atoms with E-state index in [9.17, 15) is 32.8 Å². The van der Waals surface area contributed by atoms with Crippen molar-refractivity contribution in [3.63, 3.8) is 0 Å². The molecule has 0 aliphatic carbocycles. The van der Waals surface area contributed by atoms with E-state index in [4.69, 9.17) is 15.5 Å². The number of nitrogens with two attached hydrogens (primary N) is 1. The molecule has 0 unspecified atom stereocenters. The minimum absolute atomic E-state index is 0.0321. The van der Waals surface area contributed by atoms with Crippen LogP contribution in [0, 0.1) is 0 Å². The van der Waals surface area contributed by atoms with Gasteiger partial charge in [-0.05, 0) is 74.7 Å². The van der Waals surface area contributed by atoms with E-state index < -0.39 is 74.0 Å². The zero-order valence-electron chi connectivity index (χ0n) is 30.9. The fourth-order valence-electron chi connectivity index (χ4n) is 7.44. The normalized spacial score (nSPS) is 19.5. The SMILES string of the molecule is CN1CC[C@H]2CC[C@@H](C(=O)N[C@@H](CCC(N)=O)C(=O)NC(c3ccccc3)c3ccccc3)N2C(=O)[C@@H](NC(=O)c2cc3cc(C(F)(F)OP(O)O)ccc3[nH]2)C1. The minimum atomic E-state index is -4.01. The highest BCUT2D eigenvalue weighted by molar-refractivity contribution is 7.39. The van der Waals surface area contributed by atoms with Crippen LogP contribution >= 0.6 is 8.60 Å². The number of rotatable bonds is 14. The molecular formula is C39H44F2N7O8P. The van der Waals surface area contributed by atoms with Crippen LogP contribution in [0.15, 0.2) is 84.9 Å². The first-order chi connectivity index (χ1) is 27.2. The summed E-state index contributed by atoms with van der Waals surface area (Å²) >= 11 is 0. The molecule has 57 heavy (non-hydrogen) atoms. The summed E-state index contributed by atoms with van der Waals surface area (Å²) < 4.78 is 32.7. The van der Waals surface area contributed by atoms with Crippen molar-refractivity contribution in [2.75, 3.05) is 20.1 Å². The number of benzene rings is 3. The van der Waals surface area contributed by atoms with E-state index in [0.717, 1.165) is 23.3 Å². The van der Waals surface area contributed by atoms with Crippen molar-refractivity contribution in [1.29, 1.82) is 0 Å². The number of aromatic amines is 1. The number of carbonyl (C=O) groups excluding carboxylic acids is 5. The van der Waals surface area contributed by atoms with Gasteiger partial charge < -0.3 is 46.3 Å². The molecule has 2 fully saturated rings. The molecule has 4 aromatic rings. The molecule has 6 rings (SSSR count). The largest absolute Gasteiger partial charge is 0.389 e. The van der Waals surface area contributed by atoms with E-state index in [1.807, 2.05) is 65.6 Å². The van der Waals surface area contributed by atoms with Crippen LogP contribution < -0.4 is 21.7 Å². The number of aromatic nitrogens is 1. The number of halogens is 2. The second-order valence-electron chi connectivity index (χ2n) is 14.2. The van der Waals surface area contributed by atoms with Crippen LogP contribution in [0.25, 0.3) is 10.9 Å². The summed E-state index contributed by atoms with van der Waals surface area (Å²) in [5.41, 5.74) is 6.68. The predicted octanol–water partition coefficient (Wildman–Crippen LogP) is 2.89. The molecule has 15 nitrogen and oxygen atoms in total. The Morgan fingerprint density at radius 2 is 1.63 bits per heavy atom. The van der Waals surface area contributed by atoms with Crippen molar-refractivity contribution in [2.24, 2.45) is 5.73 Å². The summed E-state index contributed by atoms with van der Waals surface area (Å²) in [6, 6.07) is 19.0. The van der Waals surface area contributed by atoms with Crippen LogP contribution in [-0.4, -0.2) is 98.4 Å². The third-order valence-electron chi connectivity index (χ3n) is 10.3. The number of alkyl halides is 2. The molecular weight excluding hydrogens is 763 g/mol. The van der Waals surface area contributed by atoms with Crippen LogP contribution in [0.2, 0.25) is 0 Å². The van der Waals surface area contributed by atoms with Crippen LogP contribution in [0.1, 0.15) is 65.3 Å². The van der Waals surface area contributed by atoms with Crippen molar-refractivity contribution in [2.45, 2.75) is 68.4 Å². The van der Waals surface area contributed by atoms with E-state index in [1.54, 1.807) is 7.05 Å². The maximum absolute atomic E-state index is 14.4. The van der Waals surface area contributed by atoms with Crippen molar-refractivity contribution in [3.8, 4) is 0 Å². The Kier molecular flexibility index (Phi) is 12.9. The van der Waals surface area contributed by atoms with Gasteiger partial charge in [0.15, 0.2) is 0 Å². The number of likely N-dealkylation sites (N-methyl/N-ethyl adjacent to an activating group) is 1. The molecule has 18 heteroatoms. The van der Waals surface area contributed by atoms with Gasteiger partial charge in [-0.25, -0.2) is 4.52 Å². The second kappa shape index (κ2) is 17.9. The van der Waals surface area contributed by atoms with Gasteiger partial charge in [-0.3, -0.25) is 24.0 Å². The molecule has 4 atom stereocenters. The highest BCUT2D eigenvalue weighted by atomic mass is 31.2. The third-order valence-corrected chi connectivity index (χ3v) is 10.7. The van der Waals surface area contributed by atoms with E-state index in [-0.39, 0.29) is 36.5 Å². The van der Waals surface area contributed by atoms with E-state index in [1.165, 1.54) is 17.0 Å². The first kappa shape index (κ1) is 41.3. The summed E-state index contributed by atoms with van der Waals surface area (Å²) in [6.45, 7) is 0.653. The van der Waals surface area contributed by atoms with Gasteiger partial charge in [0, 0.05) is 29.9 Å². The average molecular weight is 808 g/mol. The summed E-state index contributed by atoms with van der Waals surface area (Å²) in [7, 11) is -1.54. The van der Waals surface area contributed by atoms with Gasteiger partial charge in [0.2, 0.25) is 23.6 Å². The van der Waals surface area contributed by atoms with Crippen molar-refractivity contribution in [1.82, 2.24) is 30.7 Å². The topological polar surface area (TPSA) is 219 Å². The zero-order chi connectivity index (χ0) is 40.9. The fraction of sp³-hybridized carbons (Fsp3) is 0.359. The first-order valence-corrected chi connectivity index (χ1v) is 19.5. The van der Waals surface area contributed by atoms with E-state index in [0.29, 0.717) is 31.3 Å². The molecule has 2 saturated heterocycles. The molecule has 3 aromatic carbocycles. The van der Waals surface area contributed by atoms with Crippen molar-refractivity contribution < 1.29 is 47.1 Å². The summed E-state index contributed by atoms with van der Waals surface area (Å²) in [6.07, 6.45) is -2.94. The molecule has 302 valence electrons. The summed E-state index contributed by atoms with van der Waals surface area (Å²) in [5.74, 6) is -3.01. The maximum atomic E-state index is 14.4. The molecule has 5 amide bonds. The number of primary amides is 1. The van der Waals surface area contributed by atoms with E-state index in [2.05, 4.69) is 25.5 Å². The quantitative estimate of drug-likeness (QED) is 0.0931. The molecule has 0 bridgehead atoms. The highest BCUT2D eigenvalue weighted by Crippen LogP contribution is 2.42. The Balaban J connectivity index is 1.19. The Morgan fingerprint density at radius 3 is 2.26 bits per heavy atom. The monoisotopic (exact) mass is 807 g/mol. The zero-order valence-corrected chi connectivity index (χ0v) is 31.8. The molecule has 2 aliphatic rings. The van der Waals surface area contributed by atoms with Gasteiger partial charge in [-0.1, -0.05) is 60.7 Å². The molecule has 0 radical (unpaired) electrons. The Hall–Kier alpha value is -5.32. The van der Waals surface area contributed by atoms with Crippen molar-refractivity contribution >= 4 is 49.0 Å². The first-order valence-electron chi connectivity index (χ1n) is 18.4. The molecule has 1 aromatic heterocycles. The summed E-state index contributed by atoms with van der Waals surface area (Å²) in [4.78, 5) is 92.0. The van der Waals surface area contributed by atoms with Crippen LogP contribution in [0.3, 0.4) is 0 Å². The average Bonchev–Trinajstić information content (AvgIpc) is 3.81. The van der Waals surface area contributed by atoms with Gasteiger partial charge in [0.05, 0.1) is 11.6 Å². The standard InChI is InChI=1S/C39H44F2N7O8P/c1-47-19-18-27-13-16-32(37(52)44-29(15-17-33(42)49)35(50)46-34(23-8-4-2-5-9-23)24-10-6-3-7-11-24)48(27)38(53)31(22-47)45-36(51)30-21-25-20-26(12-14-28(25)43-30)39(40,41)56-57(54)55/h2-12,14,20-21,27,29,31-32,34,43,54-55H,13,15-19,22H2,1H3,(H2,42,49)(H,44,52)(H,45,51)(H,46,50)/t27-,29+,31+,32+/m1/s1. The third kappa shape index (κ3) is 9.98. The van der Waals surface area contributed by atoms with Gasteiger partial charge in [-0.15, -0.1) is 0 Å². The number of fused-ring (bicyclic) bond motifs is 2. The van der Waals surface area contributed by atoms with Crippen LogP contribution in [0.5, 0.6) is 0 Å². The molecule has 8 N–H and O–H groups in total. The Bertz CT molecular complexity index is 2050. The second-order valence-corrected chi connectivity index (χ2v) is 14.9. The smallest absolute Gasteiger partial charge is 0.370 e. The molecule has 2 aliphatic heterocycles. The lowest BCUT2D eigenvalue weighted by Gasteiger charge is -2.38. The van der Waals surface area contributed by atoms with E-state index >= 15 is 0 Å². The lowest BCUT2D eigenvalue weighted by molar-refractivity contribution is -0.189. The van der Waals surface area contributed by atoms with Crippen LogP contribution in [-0.2, 0) is 29.8 Å². The number of nitrogens with zero attached hydrogens (tertiary/aromatic N) is 2. The number of amides is 5. The number of carbonyl (C=O) groups is 5. The predicted molar refractivity (Wildman–Crippen MR) is 205 cm³/mol. The van der Waals surface area contributed by atoms with Gasteiger partial charge in [-0.2, -0.15) is 8.78 Å². The lowest BCUT2D eigenvalue weighted by atomic mass is 9.98. The molecule has 3 heterocycles. The van der Waals surface area contributed by atoms with Gasteiger partial charge >= 0.3 is 14.7 Å². The molecule has 0 spiro atoms. The lowest BCUT2D eigenvalue weighted by Crippen LogP contribution is -2.61. The fourth-order valence-corrected chi connectivity index (χ4v) is 7.75. The number of H-pyrrole nitrogens is 1. The molecule has 0 saturated carbocycles. The number of hydrogen-bond donors (Lipinski definition) is 7. The van der Waals surface area contributed by atoms with Crippen LogP contribution in [0.4, 0.5) is 8.78 Å². The number of hydrogen-bond acceptors (Lipinski definition) is 9. The van der Waals surface area contributed by atoms with Gasteiger partial charge in [0.25, 0.3) is 5.91 Å². The number of nitrogens with one attached hydrogen (secondary N) is 4. The summed E-state index contributed by atoms with van der Waals surface area (Å²) in [5, 5.41) is 8.77.